The molecule has 0 heteroatoms. The van der Waals surface area contributed by atoms with Gasteiger partial charge in [-0.05, 0) is 158 Å². The van der Waals surface area contributed by atoms with Gasteiger partial charge in [0.2, 0.25) is 0 Å². The first kappa shape index (κ1) is 31.0. The maximum Gasteiger partial charge on any atom is 0.00602 e. The molecular formula is C45H58. The minimum atomic E-state index is 0.389. The molecule has 0 aliphatic heterocycles. The van der Waals surface area contributed by atoms with E-state index in [9.17, 15) is 0 Å². The number of benzene rings is 2. The molecule has 0 radical (unpaired) electrons. The Morgan fingerprint density at radius 3 is 2.07 bits per heavy atom. The standard InChI is InChI=1S/C45H58/c1-11-31-20-33(39(18-27(4)5)40(19-28(6)7)35(31)13-3)21-34-23-41-38(22-32(12-2)42(41)37-17-15-14-16-36(34)37)30(10)44-24-43(29(8)9)25-45(43,44)26-44/h11,14-17,23,31-33,35,38-40H,1,4,6,8,10,12-13,18-22,24-26H2,2-3,5,7,9H3. The van der Waals surface area contributed by atoms with Crippen LogP contribution < -0.4 is 0 Å². The lowest BCUT2D eigenvalue weighted by Gasteiger charge is -2.48. The summed E-state index contributed by atoms with van der Waals surface area (Å²) < 4.78 is 0. The molecule has 4 saturated carbocycles. The molecule has 0 amide bonds. The van der Waals surface area contributed by atoms with Crippen molar-refractivity contribution in [3.63, 3.8) is 0 Å². The van der Waals surface area contributed by atoms with Gasteiger partial charge in [-0.3, -0.25) is 0 Å². The summed E-state index contributed by atoms with van der Waals surface area (Å²) in [7, 11) is 0. The fourth-order valence-corrected chi connectivity index (χ4v) is 12.4. The van der Waals surface area contributed by atoms with E-state index in [1.807, 2.05) is 0 Å². The van der Waals surface area contributed by atoms with Gasteiger partial charge in [-0.2, -0.15) is 0 Å². The van der Waals surface area contributed by atoms with Gasteiger partial charge < -0.3 is 0 Å². The molecule has 10 unspecified atom stereocenters. The van der Waals surface area contributed by atoms with Crippen molar-refractivity contribution in [1.29, 1.82) is 0 Å². The Labute approximate surface area is 274 Å². The van der Waals surface area contributed by atoms with E-state index in [0.717, 1.165) is 19.3 Å². The third-order valence-electron chi connectivity index (χ3n) is 14.5. The van der Waals surface area contributed by atoms with Crippen LogP contribution in [0.2, 0.25) is 0 Å². The molecule has 0 N–H and O–H groups in total. The van der Waals surface area contributed by atoms with Gasteiger partial charge in [-0.1, -0.05) is 92.1 Å². The molecule has 0 heterocycles. The highest BCUT2D eigenvalue weighted by Crippen LogP contribution is 3.04. The number of allylic oxidation sites excluding steroid dienone is 5. The summed E-state index contributed by atoms with van der Waals surface area (Å²) in [6, 6.07) is 12.1. The minimum Gasteiger partial charge on any atom is -0.103 e. The van der Waals surface area contributed by atoms with Crippen molar-refractivity contribution in [1.82, 2.24) is 0 Å². The summed E-state index contributed by atoms with van der Waals surface area (Å²) in [6.45, 7) is 34.2. The molecule has 4 fully saturated rings. The normalized spacial score (nSPS) is 38.8. The van der Waals surface area contributed by atoms with Crippen molar-refractivity contribution in [3.05, 3.63) is 108 Å². The molecule has 0 saturated heterocycles. The van der Waals surface area contributed by atoms with Crippen LogP contribution >= 0.6 is 0 Å². The Hall–Kier alpha value is -2.60. The fourth-order valence-electron chi connectivity index (χ4n) is 12.4. The topological polar surface area (TPSA) is 0 Å². The Balaban J connectivity index is 1.28. The second kappa shape index (κ2) is 10.7. The van der Waals surface area contributed by atoms with E-state index in [-0.39, 0.29) is 0 Å². The van der Waals surface area contributed by atoms with E-state index < -0.39 is 0 Å². The summed E-state index contributed by atoms with van der Waals surface area (Å²) in [5, 5.41) is 3.01. The Bertz CT molecular complexity index is 1610. The monoisotopic (exact) mass is 598 g/mol. The van der Waals surface area contributed by atoms with Crippen LogP contribution in [-0.2, 0) is 6.42 Å². The van der Waals surface area contributed by atoms with E-state index in [1.165, 1.54) is 72.4 Å². The first-order valence-corrected chi connectivity index (χ1v) is 18.3. The van der Waals surface area contributed by atoms with Gasteiger partial charge in [0.1, 0.15) is 0 Å². The lowest BCUT2D eigenvalue weighted by molar-refractivity contribution is 0.0525. The van der Waals surface area contributed by atoms with Crippen LogP contribution in [0.15, 0.2) is 91.6 Å². The van der Waals surface area contributed by atoms with Crippen molar-refractivity contribution in [2.24, 2.45) is 45.8 Å². The van der Waals surface area contributed by atoms with Crippen molar-refractivity contribution >= 4 is 10.8 Å². The molecule has 5 aliphatic carbocycles. The molecule has 0 nitrogen and oxygen atoms in total. The van der Waals surface area contributed by atoms with E-state index in [2.05, 4.69) is 97.3 Å². The van der Waals surface area contributed by atoms with Crippen LogP contribution in [0, 0.1) is 45.8 Å². The lowest BCUT2D eigenvalue weighted by Crippen LogP contribution is -2.40. The third kappa shape index (κ3) is 4.29. The lowest BCUT2D eigenvalue weighted by atomic mass is 9.57. The van der Waals surface area contributed by atoms with Crippen molar-refractivity contribution in [2.45, 2.75) is 111 Å². The van der Waals surface area contributed by atoms with Gasteiger partial charge >= 0.3 is 0 Å². The van der Waals surface area contributed by atoms with Crippen LogP contribution in [0.4, 0.5) is 0 Å². The van der Waals surface area contributed by atoms with Gasteiger partial charge in [0.25, 0.3) is 0 Å². The van der Waals surface area contributed by atoms with E-state index in [1.54, 1.807) is 22.3 Å². The first-order chi connectivity index (χ1) is 21.5. The molecule has 2 aromatic rings. The highest BCUT2D eigenvalue weighted by molar-refractivity contribution is 5.91. The zero-order valence-electron chi connectivity index (χ0n) is 29.1. The molecule has 45 heavy (non-hydrogen) atoms. The Morgan fingerprint density at radius 1 is 0.822 bits per heavy atom. The summed E-state index contributed by atoms with van der Waals surface area (Å²) in [5.41, 5.74) is 11.9. The molecule has 10 atom stereocenters. The summed E-state index contributed by atoms with van der Waals surface area (Å²) in [5.74, 6) is 4.25. The Kier molecular flexibility index (Phi) is 7.39. The minimum absolute atomic E-state index is 0.389. The molecule has 2 aromatic carbocycles. The third-order valence-corrected chi connectivity index (χ3v) is 14.5. The van der Waals surface area contributed by atoms with Crippen LogP contribution in [0.3, 0.4) is 0 Å². The number of fused-ring (bicyclic) bond motifs is 3. The molecule has 5 aliphatic rings. The van der Waals surface area contributed by atoms with E-state index in [0.29, 0.717) is 57.7 Å². The largest absolute Gasteiger partial charge is 0.103 e. The van der Waals surface area contributed by atoms with Crippen LogP contribution in [0.5, 0.6) is 0 Å². The molecule has 238 valence electrons. The average Bonchev–Trinajstić information content (AvgIpc) is 3.67. The fraction of sp³-hybridized carbons (Fsp3) is 0.556. The highest BCUT2D eigenvalue weighted by Gasteiger charge is 2.96. The molecule has 1 spiro atoms. The molecule has 0 aromatic heterocycles. The predicted octanol–water partition coefficient (Wildman–Crippen LogP) is 12.7. The number of hydrogen-bond acceptors (Lipinski definition) is 0. The summed E-state index contributed by atoms with van der Waals surface area (Å²) in [4.78, 5) is 0. The van der Waals surface area contributed by atoms with Crippen molar-refractivity contribution in [3.8, 4) is 0 Å². The molecule has 7 rings (SSSR count). The van der Waals surface area contributed by atoms with Gasteiger partial charge in [-0.15, -0.1) is 19.7 Å². The number of rotatable bonds is 12. The van der Waals surface area contributed by atoms with Crippen LogP contribution in [-0.4, -0.2) is 0 Å². The van der Waals surface area contributed by atoms with Crippen LogP contribution in [0.25, 0.3) is 10.8 Å². The maximum absolute atomic E-state index is 4.99. The summed E-state index contributed by atoms with van der Waals surface area (Å²) in [6.07, 6.45) is 14.6. The zero-order chi connectivity index (χ0) is 32.1. The van der Waals surface area contributed by atoms with E-state index >= 15 is 0 Å². The molecule has 0 bridgehead atoms. The van der Waals surface area contributed by atoms with Crippen molar-refractivity contribution in [2.75, 3.05) is 0 Å². The van der Waals surface area contributed by atoms with E-state index in [4.69, 9.17) is 6.58 Å². The second-order valence-electron chi connectivity index (χ2n) is 16.9. The van der Waals surface area contributed by atoms with Crippen molar-refractivity contribution < 1.29 is 0 Å². The smallest absolute Gasteiger partial charge is 0.00602 e. The van der Waals surface area contributed by atoms with Gasteiger partial charge in [0, 0.05) is 5.92 Å². The second-order valence-corrected chi connectivity index (χ2v) is 16.9. The maximum atomic E-state index is 4.99. The summed E-state index contributed by atoms with van der Waals surface area (Å²) >= 11 is 0. The van der Waals surface area contributed by atoms with Gasteiger partial charge in [0.05, 0.1) is 0 Å². The quantitative estimate of drug-likeness (QED) is 0.213. The average molecular weight is 599 g/mol. The molecular weight excluding hydrogens is 540 g/mol. The predicted molar refractivity (Wildman–Crippen MR) is 195 cm³/mol. The highest BCUT2D eigenvalue weighted by atomic mass is 15.0. The van der Waals surface area contributed by atoms with Gasteiger partial charge in [0.15, 0.2) is 0 Å². The van der Waals surface area contributed by atoms with Crippen LogP contribution in [0.1, 0.15) is 121 Å². The Morgan fingerprint density at radius 2 is 1.49 bits per heavy atom. The number of hydrogen-bond donors (Lipinski definition) is 0. The first-order valence-electron chi connectivity index (χ1n) is 18.3. The SMILES string of the molecule is C=CC1CC(Cc2cc3c(c4ccccc24)C(CC)CC3C(=C)C23CC4(C(=C)C)CC42C3)C(CC(=C)C)C(CC(=C)C)C1CC. The van der Waals surface area contributed by atoms with Gasteiger partial charge in [-0.25, -0.2) is 0 Å². The zero-order valence-corrected chi connectivity index (χ0v) is 29.1.